The van der Waals surface area contributed by atoms with Crippen molar-refractivity contribution in [3.8, 4) is 0 Å². The van der Waals surface area contributed by atoms with Gasteiger partial charge in [-0.25, -0.2) is 9.78 Å². The van der Waals surface area contributed by atoms with E-state index in [0.717, 1.165) is 5.69 Å². The number of nitrogens with zero attached hydrogens (tertiary/aromatic N) is 2. The lowest BCUT2D eigenvalue weighted by Crippen LogP contribution is -2.03. The van der Waals surface area contributed by atoms with Crippen molar-refractivity contribution in [2.24, 2.45) is 0 Å². The van der Waals surface area contributed by atoms with E-state index in [1.54, 1.807) is 0 Å². The molecule has 2 N–H and O–H groups in total. The Morgan fingerprint density at radius 2 is 2.19 bits per heavy atom. The summed E-state index contributed by atoms with van der Waals surface area (Å²) in [6, 6.07) is 3.86. The van der Waals surface area contributed by atoms with Gasteiger partial charge in [0, 0.05) is 17.1 Å². The quantitative estimate of drug-likeness (QED) is 0.645. The molecule has 0 saturated heterocycles. The summed E-state index contributed by atoms with van der Waals surface area (Å²) in [5.74, 6) is -1.05. The number of anilines is 2. The molecule has 21 heavy (non-hydrogen) atoms. The minimum atomic E-state index is -1.34. The van der Waals surface area contributed by atoms with Crippen molar-refractivity contribution in [1.82, 2.24) is 4.98 Å². The summed E-state index contributed by atoms with van der Waals surface area (Å²) >= 11 is 1.39. The van der Waals surface area contributed by atoms with Gasteiger partial charge in [0.05, 0.1) is 10.6 Å². The number of carbonyl (C=O) groups is 1. The molecule has 1 aromatic carbocycles. The molecule has 1 heterocycles. The van der Waals surface area contributed by atoms with E-state index < -0.39 is 16.6 Å². The summed E-state index contributed by atoms with van der Waals surface area (Å²) in [6.45, 7) is 4.04. The lowest BCUT2D eigenvalue weighted by molar-refractivity contribution is -0.385. The van der Waals surface area contributed by atoms with E-state index in [0.29, 0.717) is 16.7 Å². The Morgan fingerprint density at radius 1 is 1.48 bits per heavy atom. The Bertz CT molecular complexity index is 696. The van der Waals surface area contributed by atoms with E-state index in [1.165, 1.54) is 29.5 Å². The SMILES string of the molecule is CC(C)c1csc(Nc2ccc([N+](=O)[O-])c(C(=O)O)c2)n1. The Kier molecular flexibility index (Phi) is 4.18. The van der Waals surface area contributed by atoms with Gasteiger partial charge in [-0.15, -0.1) is 11.3 Å². The van der Waals surface area contributed by atoms with Gasteiger partial charge >= 0.3 is 5.97 Å². The summed E-state index contributed by atoms with van der Waals surface area (Å²) in [7, 11) is 0. The zero-order chi connectivity index (χ0) is 15.6. The standard InChI is InChI=1S/C13H13N3O4S/c1-7(2)10-6-21-13(15-10)14-8-3-4-11(16(19)20)9(5-8)12(17)18/h3-7H,1-2H3,(H,14,15)(H,17,18). The normalized spacial score (nSPS) is 10.6. The fraction of sp³-hybridized carbons (Fsp3) is 0.231. The number of nitrogens with one attached hydrogen (secondary N) is 1. The minimum Gasteiger partial charge on any atom is -0.477 e. The van der Waals surface area contributed by atoms with Crippen LogP contribution in [-0.4, -0.2) is 21.0 Å². The van der Waals surface area contributed by atoms with Crippen molar-refractivity contribution >= 4 is 33.8 Å². The van der Waals surface area contributed by atoms with Crippen LogP contribution >= 0.6 is 11.3 Å². The van der Waals surface area contributed by atoms with Crippen LogP contribution in [0, 0.1) is 10.1 Å². The molecule has 0 radical (unpaired) electrons. The number of rotatable bonds is 5. The van der Waals surface area contributed by atoms with Crippen molar-refractivity contribution < 1.29 is 14.8 Å². The Hall–Kier alpha value is -2.48. The molecule has 0 spiro atoms. The molecular weight excluding hydrogens is 294 g/mol. The summed E-state index contributed by atoms with van der Waals surface area (Å²) in [5, 5.41) is 25.3. The van der Waals surface area contributed by atoms with E-state index in [4.69, 9.17) is 5.11 Å². The molecule has 0 saturated carbocycles. The van der Waals surface area contributed by atoms with Gasteiger partial charge in [-0.2, -0.15) is 0 Å². The molecule has 8 heteroatoms. The maximum atomic E-state index is 11.1. The fourth-order valence-electron chi connectivity index (χ4n) is 1.68. The highest BCUT2D eigenvalue weighted by Gasteiger charge is 2.20. The van der Waals surface area contributed by atoms with Crippen molar-refractivity contribution in [3.63, 3.8) is 0 Å². The topological polar surface area (TPSA) is 105 Å². The Balaban J connectivity index is 2.30. The van der Waals surface area contributed by atoms with E-state index in [-0.39, 0.29) is 5.56 Å². The molecule has 0 aliphatic carbocycles. The second-order valence-electron chi connectivity index (χ2n) is 4.65. The lowest BCUT2D eigenvalue weighted by Gasteiger charge is -2.05. The molecule has 7 nitrogen and oxygen atoms in total. The highest BCUT2D eigenvalue weighted by molar-refractivity contribution is 7.13. The zero-order valence-corrected chi connectivity index (χ0v) is 12.2. The monoisotopic (exact) mass is 307 g/mol. The van der Waals surface area contributed by atoms with Gasteiger partial charge in [0.15, 0.2) is 5.13 Å². The Labute approximate surface area is 124 Å². The number of hydrogen-bond donors (Lipinski definition) is 2. The third kappa shape index (κ3) is 3.34. The van der Waals surface area contributed by atoms with E-state index >= 15 is 0 Å². The molecule has 0 unspecified atom stereocenters. The molecule has 1 aromatic heterocycles. The van der Waals surface area contributed by atoms with Gasteiger partial charge < -0.3 is 10.4 Å². The van der Waals surface area contributed by atoms with Gasteiger partial charge in [-0.05, 0) is 18.1 Å². The van der Waals surface area contributed by atoms with E-state index in [9.17, 15) is 14.9 Å². The van der Waals surface area contributed by atoms with E-state index in [2.05, 4.69) is 10.3 Å². The average Bonchev–Trinajstić information content (AvgIpc) is 2.87. The maximum absolute atomic E-state index is 11.1. The number of carboxylic acids is 1. The minimum absolute atomic E-state index is 0.295. The third-order valence-electron chi connectivity index (χ3n) is 2.79. The summed E-state index contributed by atoms with van der Waals surface area (Å²) in [5.41, 5.74) is 0.589. The van der Waals surface area contributed by atoms with Crippen LogP contribution in [0.3, 0.4) is 0 Å². The molecule has 0 fully saturated rings. The van der Waals surface area contributed by atoms with Crippen molar-refractivity contribution in [2.75, 3.05) is 5.32 Å². The molecule has 2 rings (SSSR count). The number of nitro benzene ring substituents is 1. The molecule has 0 amide bonds. The Morgan fingerprint density at radius 3 is 2.71 bits per heavy atom. The van der Waals surface area contributed by atoms with Crippen molar-refractivity contribution in [3.05, 3.63) is 45.0 Å². The smallest absolute Gasteiger partial charge is 0.342 e. The summed E-state index contributed by atoms with van der Waals surface area (Å²) < 4.78 is 0. The van der Waals surface area contributed by atoms with Crippen molar-refractivity contribution in [1.29, 1.82) is 0 Å². The van der Waals surface area contributed by atoms with E-state index in [1.807, 2.05) is 19.2 Å². The molecule has 110 valence electrons. The molecule has 0 bridgehead atoms. The second-order valence-corrected chi connectivity index (χ2v) is 5.51. The lowest BCUT2D eigenvalue weighted by atomic mass is 10.1. The van der Waals surface area contributed by atoms with Crippen LogP contribution in [0.1, 0.15) is 35.8 Å². The number of carboxylic acid groups (broad SMARTS) is 1. The fourth-order valence-corrected chi connectivity index (χ4v) is 2.57. The van der Waals surface area contributed by atoms with Crippen LogP contribution in [0.4, 0.5) is 16.5 Å². The van der Waals surface area contributed by atoms with Crippen LogP contribution in [0.2, 0.25) is 0 Å². The van der Waals surface area contributed by atoms with Crippen LogP contribution < -0.4 is 5.32 Å². The molecule has 2 aromatic rings. The van der Waals surface area contributed by atoms with Crippen LogP contribution in [0.5, 0.6) is 0 Å². The maximum Gasteiger partial charge on any atom is 0.342 e. The predicted octanol–water partition coefficient (Wildman–Crippen LogP) is 3.62. The van der Waals surface area contributed by atoms with Crippen molar-refractivity contribution in [2.45, 2.75) is 19.8 Å². The zero-order valence-electron chi connectivity index (χ0n) is 11.4. The first-order chi connectivity index (χ1) is 9.88. The molecule has 0 aliphatic rings. The number of thiazole rings is 1. The average molecular weight is 307 g/mol. The predicted molar refractivity (Wildman–Crippen MR) is 79.5 cm³/mol. The van der Waals surface area contributed by atoms with Crippen LogP contribution in [0.15, 0.2) is 23.6 Å². The number of aromatic nitrogens is 1. The summed E-state index contributed by atoms with van der Waals surface area (Å²) in [4.78, 5) is 25.5. The molecule has 0 atom stereocenters. The van der Waals surface area contributed by atoms with Crippen LogP contribution in [-0.2, 0) is 0 Å². The number of nitro groups is 1. The molecule has 0 aliphatic heterocycles. The highest BCUT2D eigenvalue weighted by atomic mass is 32.1. The first-order valence-electron chi connectivity index (χ1n) is 6.12. The number of hydrogen-bond acceptors (Lipinski definition) is 6. The van der Waals surface area contributed by atoms with Gasteiger partial charge in [0.1, 0.15) is 5.56 Å². The van der Waals surface area contributed by atoms with Crippen LogP contribution in [0.25, 0.3) is 0 Å². The molecular formula is C13H13N3O4S. The highest BCUT2D eigenvalue weighted by Crippen LogP contribution is 2.28. The number of aromatic carboxylic acids is 1. The number of benzene rings is 1. The second kappa shape index (κ2) is 5.88. The first kappa shape index (κ1) is 14.9. The van der Waals surface area contributed by atoms with Gasteiger partial charge in [0.25, 0.3) is 5.69 Å². The third-order valence-corrected chi connectivity index (χ3v) is 3.56. The van der Waals surface area contributed by atoms with Gasteiger partial charge in [0.2, 0.25) is 0 Å². The first-order valence-corrected chi connectivity index (χ1v) is 7.00. The van der Waals surface area contributed by atoms with Gasteiger partial charge in [-0.3, -0.25) is 10.1 Å². The summed E-state index contributed by atoms with van der Waals surface area (Å²) in [6.07, 6.45) is 0. The largest absolute Gasteiger partial charge is 0.477 e. The van der Waals surface area contributed by atoms with Gasteiger partial charge in [-0.1, -0.05) is 13.8 Å².